The zero-order valence-electron chi connectivity index (χ0n) is 8.84. The Bertz CT molecular complexity index is 314. The van der Waals surface area contributed by atoms with Crippen LogP contribution in [0.25, 0.3) is 0 Å². The van der Waals surface area contributed by atoms with E-state index >= 15 is 0 Å². The van der Waals surface area contributed by atoms with Crippen molar-refractivity contribution < 1.29 is 9.50 Å². The monoisotopic (exact) mass is 274 g/mol. The van der Waals surface area contributed by atoms with Crippen molar-refractivity contribution in [2.45, 2.75) is 38.7 Å². The van der Waals surface area contributed by atoms with Crippen molar-refractivity contribution >= 4 is 15.9 Å². The average Bonchev–Trinajstić information content (AvgIpc) is 2.20. The second-order valence-electron chi connectivity index (χ2n) is 3.73. The van der Waals surface area contributed by atoms with Crippen molar-refractivity contribution in [3.05, 3.63) is 34.1 Å². The van der Waals surface area contributed by atoms with Gasteiger partial charge in [0.2, 0.25) is 0 Å². The lowest BCUT2D eigenvalue weighted by molar-refractivity contribution is 0.154. The molecule has 0 saturated carbocycles. The number of aliphatic hydroxyl groups is 1. The molecule has 0 bridgehead atoms. The van der Waals surface area contributed by atoms with Crippen molar-refractivity contribution in [3.8, 4) is 0 Å². The van der Waals surface area contributed by atoms with Crippen LogP contribution >= 0.6 is 15.9 Å². The topological polar surface area (TPSA) is 20.2 Å². The molecule has 0 fully saturated rings. The van der Waals surface area contributed by atoms with Gasteiger partial charge in [-0.2, -0.15) is 0 Å². The Morgan fingerprint density at radius 3 is 2.73 bits per heavy atom. The Balaban J connectivity index is 2.47. The third kappa shape index (κ3) is 4.31. The molecule has 84 valence electrons. The van der Waals surface area contributed by atoms with Gasteiger partial charge in [0.05, 0.1) is 10.6 Å². The van der Waals surface area contributed by atoms with Gasteiger partial charge in [0, 0.05) is 0 Å². The van der Waals surface area contributed by atoms with Crippen LogP contribution in [0.5, 0.6) is 0 Å². The fourth-order valence-electron chi connectivity index (χ4n) is 1.51. The average molecular weight is 275 g/mol. The molecule has 1 unspecified atom stereocenters. The molecule has 0 radical (unpaired) electrons. The summed E-state index contributed by atoms with van der Waals surface area (Å²) in [7, 11) is 0. The summed E-state index contributed by atoms with van der Waals surface area (Å²) in [4.78, 5) is 0. The van der Waals surface area contributed by atoms with Crippen molar-refractivity contribution in [2.75, 3.05) is 0 Å². The summed E-state index contributed by atoms with van der Waals surface area (Å²) < 4.78 is 13.4. The number of aryl methyl sites for hydroxylation is 1. The van der Waals surface area contributed by atoms with Crippen molar-refractivity contribution in [1.29, 1.82) is 0 Å². The number of rotatable bonds is 5. The second kappa shape index (κ2) is 6.23. The minimum Gasteiger partial charge on any atom is -0.393 e. The predicted octanol–water partition coefficient (Wildman–Crippen LogP) is 3.68. The smallest absolute Gasteiger partial charge is 0.137 e. The van der Waals surface area contributed by atoms with E-state index in [0.29, 0.717) is 4.47 Å². The van der Waals surface area contributed by atoms with Crippen LogP contribution in [0.2, 0.25) is 0 Å². The first-order valence-corrected chi connectivity index (χ1v) is 6.04. The first-order valence-electron chi connectivity index (χ1n) is 5.25. The van der Waals surface area contributed by atoms with E-state index in [1.807, 2.05) is 0 Å². The van der Waals surface area contributed by atoms with Gasteiger partial charge < -0.3 is 5.11 Å². The summed E-state index contributed by atoms with van der Waals surface area (Å²) in [5.41, 5.74) is 1.05. The fourth-order valence-corrected chi connectivity index (χ4v) is 1.93. The van der Waals surface area contributed by atoms with E-state index in [-0.39, 0.29) is 11.9 Å². The standard InChI is InChI=1S/C12H16BrFO/c1-2-3-10(15)6-4-9-5-7-12(14)11(13)8-9/h5,7-8,10,15H,2-4,6H2,1H3. The van der Waals surface area contributed by atoms with Crippen molar-refractivity contribution in [3.63, 3.8) is 0 Å². The summed E-state index contributed by atoms with van der Waals surface area (Å²) in [6.07, 6.45) is 3.13. The summed E-state index contributed by atoms with van der Waals surface area (Å²) >= 11 is 3.15. The lowest BCUT2D eigenvalue weighted by Gasteiger charge is -2.09. The second-order valence-corrected chi connectivity index (χ2v) is 4.58. The quantitative estimate of drug-likeness (QED) is 0.869. The fraction of sp³-hybridized carbons (Fsp3) is 0.500. The largest absolute Gasteiger partial charge is 0.393 e. The van der Waals surface area contributed by atoms with E-state index < -0.39 is 0 Å². The van der Waals surface area contributed by atoms with Crippen LogP contribution in [0.15, 0.2) is 22.7 Å². The Labute approximate surface area is 98.4 Å². The summed E-state index contributed by atoms with van der Waals surface area (Å²) in [5, 5.41) is 9.55. The molecule has 1 rings (SSSR count). The molecule has 0 spiro atoms. The maximum Gasteiger partial charge on any atom is 0.137 e. The maximum atomic E-state index is 12.9. The number of benzene rings is 1. The molecule has 3 heteroatoms. The molecule has 1 nitrogen and oxygen atoms in total. The first-order chi connectivity index (χ1) is 7.13. The van der Waals surface area contributed by atoms with Crippen molar-refractivity contribution in [1.82, 2.24) is 0 Å². The molecule has 1 aromatic carbocycles. The first kappa shape index (κ1) is 12.7. The molecule has 15 heavy (non-hydrogen) atoms. The van der Waals surface area contributed by atoms with Crippen LogP contribution in [0, 0.1) is 5.82 Å². The normalized spacial score (nSPS) is 12.8. The maximum absolute atomic E-state index is 12.9. The lowest BCUT2D eigenvalue weighted by atomic mass is 10.0. The lowest BCUT2D eigenvalue weighted by Crippen LogP contribution is -2.07. The van der Waals surface area contributed by atoms with Gasteiger partial charge in [0.1, 0.15) is 5.82 Å². The van der Waals surface area contributed by atoms with Crippen LogP contribution in [-0.2, 0) is 6.42 Å². The number of hydrogen-bond acceptors (Lipinski definition) is 1. The molecule has 1 aromatic rings. The van der Waals surface area contributed by atoms with Gasteiger partial charge >= 0.3 is 0 Å². The molecular weight excluding hydrogens is 259 g/mol. The molecule has 0 aliphatic carbocycles. The minimum atomic E-state index is -0.243. The molecule has 0 aromatic heterocycles. The molecule has 0 aliphatic heterocycles. The van der Waals surface area contributed by atoms with E-state index in [4.69, 9.17) is 0 Å². The van der Waals surface area contributed by atoms with Gasteiger partial charge in [-0.15, -0.1) is 0 Å². The van der Waals surface area contributed by atoms with E-state index in [1.165, 1.54) is 6.07 Å². The van der Waals surface area contributed by atoms with Gasteiger partial charge in [0.15, 0.2) is 0 Å². The molecule has 1 atom stereocenters. The minimum absolute atomic E-state index is 0.237. The van der Waals surface area contributed by atoms with Crippen LogP contribution < -0.4 is 0 Å². The Morgan fingerprint density at radius 2 is 2.13 bits per heavy atom. The van der Waals surface area contributed by atoms with Gasteiger partial charge in [-0.1, -0.05) is 19.4 Å². The summed E-state index contributed by atoms with van der Waals surface area (Å²) in [6, 6.07) is 4.98. The van der Waals surface area contributed by atoms with Gasteiger partial charge in [-0.05, 0) is 52.9 Å². The molecule has 0 saturated heterocycles. The number of halogens is 2. The Hall–Kier alpha value is -0.410. The van der Waals surface area contributed by atoms with E-state index in [1.54, 1.807) is 12.1 Å². The van der Waals surface area contributed by atoms with Crippen LogP contribution in [0.1, 0.15) is 31.7 Å². The Kier molecular flexibility index (Phi) is 5.26. The zero-order valence-corrected chi connectivity index (χ0v) is 10.4. The highest BCUT2D eigenvalue weighted by Crippen LogP contribution is 2.18. The van der Waals surface area contributed by atoms with Crippen LogP contribution in [0.4, 0.5) is 4.39 Å². The molecule has 0 amide bonds. The predicted molar refractivity (Wildman–Crippen MR) is 63.3 cm³/mol. The third-order valence-corrected chi connectivity index (χ3v) is 2.98. The van der Waals surface area contributed by atoms with Gasteiger partial charge in [0.25, 0.3) is 0 Å². The van der Waals surface area contributed by atoms with E-state index in [0.717, 1.165) is 31.2 Å². The van der Waals surface area contributed by atoms with E-state index in [2.05, 4.69) is 22.9 Å². The summed E-state index contributed by atoms with van der Waals surface area (Å²) in [6.45, 7) is 2.05. The SMILES string of the molecule is CCCC(O)CCc1ccc(F)c(Br)c1. The Morgan fingerprint density at radius 1 is 1.40 bits per heavy atom. The molecular formula is C12H16BrFO. The van der Waals surface area contributed by atoms with Gasteiger partial charge in [-0.3, -0.25) is 0 Å². The van der Waals surface area contributed by atoms with Crippen molar-refractivity contribution in [2.24, 2.45) is 0 Å². The highest BCUT2D eigenvalue weighted by molar-refractivity contribution is 9.10. The number of hydrogen-bond donors (Lipinski definition) is 1. The van der Waals surface area contributed by atoms with E-state index in [9.17, 15) is 9.50 Å². The van der Waals surface area contributed by atoms with Crippen LogP contribution in [0.3, 0.4) is 0 Å². The summed E-state index contributed by atoms with van der Waals surface area (Å²) in [5.74, 6) is -0.243. The van der Waals surface area contributed by atoms with Gasteiger partial charge in [-0.25, -0.2) is 4.39 Å². The highest BCUT2D eigenvalue weighted by atomic mass is 79.9. The third-order valence-electron chi connectivity index (χ3n) is 2.37. The zero-order chi connectivity index (χ0) is 11.3. The number of aliphatic hydroxyl groups excluding tert-OH is 1. The van der Waals surface area contributed by atoms with Crippen LogP contribution in [-0.4, -0.2) is 11.2 Å². The molecule has 1 N–H and O–H groups in total. The molecule has 0 heterocycles. The molecule has 0 aliphatic rings. The highest BCUT2D eigenvalue weighted by Gasteiger charge is 2.05.